The number of hydrogen-bond donors (Lipinski definition) is 0. The van der Waals surface area contributed by atoms with Crippen molar-refractivity contribution in [1.29, 1.82) is 0 Å². The van der Waals surface area contributed by atoms with Crippen LogP contribution in [-0.2, 0) is 18.8 Å². The second kappa shape index (κ2) is 7.34. The summed E-state index contributed by atoms with van der Waals surface area (Å²) in [6.45, 7) is 2.06. The van der Waals surface area contributed by atoms with E-state index in [1.165, 1.54) is 11.6 Å². The van der Waals surface area contributed by atoms with Crippen LogP contribution in [0.3, 0.4) is 0 Å². The molecule has 0 radical (unpaired) electrons. The lowest BCUT2D eigenvalue weighted by Crippen LogP contribution is -2.37. The standard InChI is InChI=1S/C22H19N5O4S/c1-4-31-20(29)13-7-9-14(10-8-13)27-15(16-6-5-11-32-16)12-26-17-18(23-21(26)27)24(2)22(30)25(3)19(17)28/h5-12H,4H2,1-3H3. The highest BCUT2D eigenvalue weighted by molar-refractivity contribution is 7.13. The van der Waals surface area contributed by atoms with Gasteiger partial charge in [0.1, 0.15) is 0 Å². The van der Waals surface area contributed by atoms with Crippen molar-refractivity contribution in [3.05, 3.63) is 74.4 Å². The van der Waals surface area contributed by atoms with Crippen LogP contribution in [0.25, 0.3) is 33.2 Å². The lowest BCUT2D eigenvalue weighted by atomic mass is 10.2. The van der Waals surface area contributed by atoms with Crippen molar-refractivity contribution in [2.24, 2.45) is 14.1 Å². The number of esters is 1. The van der Waals surface area contributed by atoms with Crippen LogP contribution in [0.1, 0.15) is 17.3 Å². The molecule has 0 aliphatic rings. The number of nitrogens with zero attached hydrogens (tertiary/aromatic N) is 5. The average Bonchev–Trinajstić information content (AvgIpc) is 3.51. The van der Waals surface area contributed by atoms with E-state index in [4.69, 9.17) is 4.74 Å². The number of rotatable bonds is 4. The summed E-state index contributed by atoms with van der Waals surface area (Å²) in [6.07, 6.45) is 1.85. The van der Waals surface area contributed by atoms with E-state index in [2.05, 4.69) is 4.98 Å². The van der Waals surface area contributed by atoms with E-state index in [1.807, 2.05) is 28.3 Å². The van der Waals surface area contributed by atoms with Crippen molar-refractivity contribution in [1.82, 2.24) is 23.1 Å². The van der Waals surface area contributed by atoms with Gasteiger partial charge in [0, 0.05) is 26.0 Å². The van der Waals surface area contributed by atoms with Crippen LogP contribution < -0.4 is 11.2 Å². The average molecular weight is 449 g/mol. The summed E-state index contributed by atoms with van der Waals surface area (Å²) in [5.74, 6) is 0.103. The highest BCUT2D eigenvalue weighted by Gasteiger charge is 2.22. The van der Waals surface area contributed by atoms with Crippen LogP contribution in [0.2, 0.25) is 0 Å². The number of aromatic nitrogens is 5. The van der Waals surface area contributed by atoms with Gasteiger partial charge in [0.2, 0.25) is 5.78 Å². The van der Waals surface area contributed by atoms with Crippen molar-refractivity contribution in [2.75, 3.05) is 6.61 Å². The molecule has 0 saturated carbocycles. The zero-order valence-electron chi connectivity index (χ0n) is 17.6. The molecule has 0 spiro atoms. The molecule has 0 unspecified atom stereocenters. The highest BCUT2D eigenvalue weighted by Crippen LogP contribution is 2.31. The number of benzene rings is 1. The number of thiophene rings is 1. The molecular formula is C22H19N5O4S. The molecule has 9 nitrogen and oxygen atoms in total. The third-order valence-corrected chi connectivity index (χ3v) is 6.27. The molecule has 0 fully saturated rings. The zero-order chi connectivity index (χ0) is 22.6. The van der Waals surface area contributed by atoms with Gasteiger partial charge in [0.05, 0.1) is 22.7 Å². The Morgan fingerprint density at radius 3 is 2.50 bits per heavy atom. The second-order valence-corrected chi connectivity index (χ2v) is 8.20. The summed E-state index contributed by atoms with van der Waals surface area (Å²) in [6, 6.07) is 10.9. The quantitative estimate of drug-likeness (QED) is 0.393. The van der Waals surface area contributed by atoms with Crippen molar-refractivity contribution in [3.63, 3.8) is 0 Å². The smallest absolute Gasteiger partial charge is 0.338 e. The molecule has 0 amide bonds. The molecule has 5 rings (SSSR count). The first-order chi connectivity index (χ1) is 15.4. The molecule has 162 valence electrons. The SMILES string of the molecule is CCOC(=O)c1ccc(-n2c(-c3cccs3)cn3c4c(=O)n(C)c(=O)n(C)c4nc23)cc1. The molecule has 4 aromatic heterocycles. The minimum atomic E-state index is -0.438. The van der Waals surface area contributed by atoms with Crippen LogP contribution in [0.5, 0.6) is 0 Å². The fourth-order valence-electron chi connectivity index (χ4n) is 3.78. The Morgan fingerprint density at radius 2 is 1.84 bits per heavy atom. The van der Waals surface area contributed by atoms with Gasteiger partial charge in [-0.15, -0.1) is 11.3 Å². The van der Waals surface area contributed by atoms with Crippen LogP contribution in [0, 0.1) is 0 Å². The van der Waals surface area contributed by atoms with Crippen molar-refractivity contribution < 1.29 is 9.53 Å². The first-order valence-electron chi connectivity index (χ1n) is 9.93. The van der Waals surface area contributed by atoms with E-state index in [0.29, 0.717) is 29.1 Å². The topological polar surface area (TPSA) is 92.5 Å². The van der Waals surface area contributed by atoms with Gasteiger partial charge in [-0.05, 0) is 42.6 Å². The van der Waals surface area contributed by atoms with Gasteiger partial charge >= 0.3 is 11.7 Å². The summed E-state index contributed by atoms with van der Waals surface area (Å²) in [5, 5.41) is 1.97. The van der Waals surface area contributed by atoms with Crippen molar-refractivity contribution in [2.45, 2.75) is 6.92 Å². The fourth-order valence-corrected chi connectivity index (χ4v) is 4.51. The minimum absolute atomic E-state index is 0.301. The highest BCUT2D eigenvalue weighted by atomic mass is 32.1. The Morgan fingerprint density at radius 1 is 1.09 bits per heavy atom. The maximum atomic E-state index is 12.9. The van der Waals surface area contributed by atoms with E-state index >= 15 is 0 Å². The van der Waals surface area contributed by atoms with Gasteiger partial charge in [-0.1, -0.05) is 6.07 Å². The van der Waals surface area contributed by atoms with Crippen LogP contribution in [0.15, 0.2) is 57.6 Å². The summed E-state index contributed by atoms with van der Waals surface area (Å²) >= 11 is 1.56. The molecule has 0 aliphatic heterocycles. The van der Waals surface area contributed by atoms with Crippen LogP contribution in [0.4, 0.5) is 0 Å². The zero-order valence-corrected chi connectivity index (χ0v) is 18.4. The first kappa shape index (κ1) is 20.0. The molecule has 0 aliphatic carbocycles. The lowest BCUT2D eigenvalue weighted by Gasteiger charge is -2.09. The first-order valence-corrected chi connectivity index (χ1v) is 10.8. The predicted octanol–water partition coefficient (Wildman–Crippen LogP) is 2.58. The Hall–Kier alpha value is -3.92. The Bertz CT molecular complexity index is 1600. The number of imidazole rings is 2. The molecule has 1 aromatic carbocycles. The summed E-state index contributed by atoms with van der Waals surface area (Å²) in [4.78, 5) is 43.0. The largest absolute Gasteiger partial charge is 0.462 e. The molecule has 0 atom stereocenters. The van der Waals surface area contributed by atoms with E-state index in [-0.39, 0.29) is 5.97 Å². The van der Waals surface area contributed by atoms with Gasteiger partial charge in [-0.25, -0.2) is 9.59 Å². The van der Waals surface area contributed by atoms with E-state index in [9.17, 15) is 14.4 Å². The molecule has 0 bridgehead atoms. The van der Waals surface area contributed by atoms with Crippen molar-refractivity contribution >= 4 is 34.2 Å². The molecular weight excluding hydrogens is 430 g/mol. The Balaban J connectivity index is 1.82. The van der Waals surface area contributed by atoms with Gasteiger partial charge in [-0.3, -0.25) is 22.9 Å². The monoisotopic (exact) mass is 449 g/mol. The molecule has 32 heavy (non-hydrogen) atoms. The number of carbonyl (C=O) groups excluding carboxylic acids is 1. The number of aryl methyl sites for hydroxylation is 1. The van der Waals surface area contributed by atoms with Gasteiger partial charge in [0.25, 0.3) is 5.56 Å². The number of fused-ring (bicyclic) bond motifs is 3. The number of carbonyl (C=O) groups is 1. The van der Waals surface area contributed by atoms with Crippen LogP contribution >= 0.6 is 11.3 Å². The lowest BCUT2D eigenvalue weighted by molar-refractivity contribution is 0.0526. The molecule has 0 N–H and O–H groups in total. The number of hydrogen-bond acceptors (Lipinski definition) is 6. The second-order valence-electron chi connectivity index (χ2n) is 7.25. The maximum absolute atomic E-state index is 12.9. The molecule has 10 heteroatoms. The maximum Gasteiger partial charge on any atom is 0.338 e. The number of ether oxygens (including phenoxy) is 1. The summed E-state index contributed by atoms with van der Waals surface area (Å²) in [5.41, 5.74) is 1.82. The molecule has 4 heterocycles. The van der Waals surface area contributed by atoms with E-state index in [1.54, 1.807) is 54.0 Å². The van der Waals surface area contributed by atoms with Gasteiger partial charge in [-0.2, -0.15) is 4.98 Å². The van der Waals surface area contributed by atoms with E-state index in [0.717, 1.165) is 20.8 Å². The summed E-state index contributed by atoms with van der Waals surface area (Å²) in [7, 11) is 3.05. The summed E-state index contributed by atoms with van der Waals surface area (Å²) < 4.78 is 11.1. The minimum Gasteiger partial charge on any atom is -0.462 e. The third-order valence-electron chi connectivity index (χ3n) is 5.38. The third kappa shape index (κ3) is 2.83. The van der Waals surface area contributed by atoms with E-state index < -0.39 is 11.2 Å². The Kier molecular flexibility index (Phi) is 4.59. The van der Waals surface area contributed by atoms with Gasteiger partial charge in [0.15, 0.2) is 11.2 Å². The Labute approximate surface area is 185 Å². The molecule has 0 saturated heterocycles. The fraction of sp³-hybridized carbons (Fsp3) is 0.182. The van der Waals surface area contributed by atoms with Crippen molar-refractivity contribution in [3.8, 4) is 16.3 Å². The molecule has 5 aromatic rings. The predicted molar refractivity (Wildman–Crippen MR) is 122 cm³/mol. The van der Waals surface area contributed by atoms with Crippen LogP contribution in [-0.4, -0.2) is 35.7 Å². The normalized spacial score (nSPS) is 11.5. The van der Waals surface area contributed by atoms with Gasteiger partial charge < -0.3 is 4.74 Å².